The maximum atomic E-state index is 12.8. The summed E-state index contributed by atoms with van der Waals surface area (Å²) >= 11 is 0. The molecule has 0 saturated heterocycles. The van der Waals surface area contributed by atoms with E-state index in [1.807, 2.05) is 24.3 Å². The number of Topliss-reactive ketones (excluding diaryl/α,β-unsaturated/α-hetero) is 2. The van der Waals surface area contributed by atoms with Crippen molar-refractivity contribution in [1.82, 2.24) is 0 Å². The van der Waals surface area contributed by atoms with Crippen LogP contribution >= 0.6 is 0 Å². The van der Waals surface area contributed by atoms with E-state index in [9.17, 15) is 19.8 Å². The molecule has 2 N–H and O–H groups in total. The number of ether oxygens (including phenoxy) is 1. The molecule has 4 rings (SSSR count). The molecule has 1 aliphatic carbocycles. The highest BCUT2D eigenvalue weighted by atomic mass is 16.5. The minimum atomic E-state index is -0.801. The van der Waals surface area contributed by atoms with E-state index in [4.69, 9.17) is 4.74 Å². The summed E-state index contributed by atoms with van der Waals surface area (Å²) < 4.78 is 5.07. The first-order valence-electron chi connectivity index (χ1n) is 8.60. The van der Waals surface area contributed by atoms with Crippen LogP contribution in [-0.4, -0.2) is 28.9 Å². The summed E-state index contributed by atoms with van der Waals surface area (Å²) in [7, 11) is 1.51. The number of aliphatic hydroxyl groups excluding tert-OH is 2. The van der Waals surface area contributed by atoms with E-state index in [2.05, 4.69) is 0 Å². The minimum absolute atomic E-state index is 0.203. The first-order valence-corrected chi connectivity index (χ1v) is 8.60. The second kappa shape index (κ2) is 6.70. The van der Waals surface area contributed by atoms with Crippen molar-refractivity contribution in [3.8, 4) is 5.75 Å². The third-order valence-electron chi connectivity index (χ3n) is 4.77. The second-order valence-corrected chi connectivity index (χ2v) is 6.40. The lowest BCUT2D eigenvalue weighted by molar-refractivity contribution is -0.116. The van der Waals surface area contributed by atoms with Crippen molar-refractivity contribution in [2.45, 2.75) is 0 Å². The number of aliphatic hydroxyl groups is 2. The quantitative estimate of drug-likeness (QED) is 0.672. The van der Waals surface area contributed by atoms with Crippen LogP contribution in [0.3, 0.4) is 0 Å². The van der Waals surface area contributed by atoms with Gasteiger partial charge in [-0.3, -0.25) is 9.59 Å². The van der Waals surface area contributed by atoms with Crippen LogP contribution in [0.15, 0.2) is 78.2 Å². The average molecular weight is 372 g/mol. The van der Waals surface area contributed by atoms with Crippen molar-refractivity contribution >= 4 is 33.5 Å². The molecule has 0 bridgehead atoms. The van der Waals surface area contributed by atoms with E-state index in [1.165, 1.54) is 7.11 Å². The summed E-state index contributed by atoms with van der Waals surface area (Å²) in [5.41, 5.74) is 0.260. The molecule has 0 radical (unpaired) electrons. The number of hydrogen-bond acceptors (Lipinski definition) is 5. The Morgan fingerprint density at radius 2 is 1.21 bits per heavy atom. The van der Waals surface area contributed by atoms with Gasteiger partial charge in [-0.25, -0.2) is 0 Å². The summed E-state index contributed by atoms with van der Waals surface area (Å²) in [6.07, 6.45) is 0. The molecule has 3 aromatic carbocycles. The predicted molar refractivity (Wildman–Crippen MR) is 106 cm³/mol. The summed E-state index contributed by atoms with van der Waals surface area (Å²) in [6, 6.07) is 19.0. The third-order valence-corrected chi connectivity index (χ3v) is 4.77. The first kappa shape index (κ1) is 17.5. The Morgan fingerprint density at radius 3 is 1.82 bits per heavy atom. The zero-order chi connectivity index (χ0) is 19.8. The summed E-state index contributed by atoms with van der Waals surface area (Å²) in [6.45, 7) is 0. The maximum absolute atomic E-state index is 12.8. The Kier molecular flexibility index (Phi) is 4.20. The van der Waals surface area contributed by atoms with Crippen molar-refractivity contribution in [3.63, 3.8) is 0 Å². The van der Waals surface area contributed by atoms with Gasteiger partial charge in [-0.1, -0.05) is 48.5 Å². The van der Waals surface area contributed by atoms with E-state index >= 15 is 0 Å². The molecule has 5 heteroatoms. The van der Waals surface area contributed by atoms with Gasteiger partial charge in [0.25, 0.3) is 0 Å². The zero-order valence-corrected chi connectivity index (χ0v) is 15.0. The van der Waals surface area contributed by atoms with E-state index in [0.29, 0.717) is 16.9 Å². The fourth-order valence-electron chi connectivity index (χ4n) is 3.32. The predicted octanol–water partition coefficient (Wildman–Crippen LogP) is 4.24. The molecular formula is C23H16O5. The lowest BCUT2D eigenvalue weighted by Gasteiger charge is -2.18. The fourth-order valence-corrected chi connectivity index (χ4v) is 3.32. The number of ketones is 2. The number of carbonyl (C=O) groups excluding carboxylic acids is 2. The molecule has 0 spiro atoms. The molecule has 3 aromatic rings. The molecule has 0 aliphatic heterocycles. The topological polar surface area (TPSA) is 83.8 Å². The number of methoxy groups -OCH3 is 1. The smallest absolute Gasteiger partial charge is 0.232 e. The van der Waals surface area contributed by atoms with Gasteiger partial charge in [-0.2, -0.15) is 0 Å². The van der Waals surface area contributed by atoms with Crippen LogP contribution in [0.25, 0.3) is 21.9 Å². The lowest BCUT2D eigenvalue weighted by atomic mass is 9.85. The lowest BCUT2D eigenvalue weighted by Crippen LogP contribution is -2.22. The third kappa shape index (κ3) is 2.74. The van der Waals surface area contributed by atoms with E-state index in [-0.39, 0.29) is 11.1 Å². The monoisotopic (exact) mass is 372 g/mol. The SMILES string of the molecule is COc1ccc(C2=C(O)C(=O)C(c3ccc4ccccc4c3)=C(O)C2=O)cc1. The highest BCUT2D eigenvalue weighted by Crippen LogP contribution is 2.35. The Hall–Kier alpha value is -3.86. The molecule has 1 aliphatic rings. The largest absolute Gasteiger partial charge is 0.504 e. The molecular weight excluding hydrogens is 356 g/mol. The van der Waals surface area contributed by atoms with Gasteiger partial charge in [-0.05, 0) is 40.1 Å². The number of allylic oxidation sites excluding steroid dienone is 2. The van der Waals surface area contributed by atoms with E-state index in [1.54, 1.807) is 42.5 Å². The van der Waals surface area contributed by atoms with Crippen LogP contribution in [0, 0.1) is 0 Å². The highest BCUT2D eigenvalue weighted by molar-refractivity contribution is 6.46. The summed E-state index contributed by atoms with van der Waals surface area (Å²) in [5.74, 6) is -2.39. The molecule has 0 fully saturated rings. The van der Waals surface area contributed by atoms with Crippen molar-refractivity contribution < 1.29 is 24.5 Å². The van der Waals surface area contributed by atoms with Crippen LogP contribution in [0.2, 0.25) is 0 Å². The average Bonchev–Trinajstić information content (AvgIpc) is 2.73. The highest BCUT2D eigenvalue weighted by Gasteiger charge is 2.36. The molecule has 0 heterocycles. The Labute approximate surface area is 160 Å². The van der Waals surface area contributed by atoms with Crippen molar-refractivity contribution in [2.75, 3.05) is 7.11 Å². The van der Waals surface area contributed by atoms with Crippen molar-refractivity contribution in [3.05, 3.63) is 89.4 Å². The normalized spacial score (nSPS) is 14.8. The number of rotatable bonds is 3. The molecule has 0 unspecified atom stereocenters. The number of benzene rings is 3. The summed E-state index contributed by atoms with van der Waals surface area (Å²) in [5, 5.41) is 22.8. The Morgan fingerprint density at radius 1 is 0.679 bits per heavy atom. The number of hydrogen-bond donors (Lipinski definition) is 2. The van der Waals surface area contributed by atoms with Crippen LogP contribution < -0.4 is 4.74 Å². The van der Waals surface area contributed by atoms with Crippen LogP contribution in [0.5, 0.6) is 5.75 Å². The molecule has 0 atom stereocenters. The van der Waals surface area contributed by atoms with Gasteiger partial charge >= 0.3 is 0 Å². The van der Waals surface area contributed by atoms with Gasteiger partial charge in [-0.15, -0.1) is 0 Å². The van der Waals surface area contributed by atoms with Gasteiger partial charge in [0.15, 0.2) is 11.5 Å². The van der Waals surface area contributed by atoms with Gasteiger partial charge in [0.05, 0.1) is 18.3 Å². The van der Waals surface area contributed by atoms with Gasteiger partial charge in [0.2, 0.25) is 11.6 Å². The van der Waals surface area contributed by atoms with Gasteiger partial charge in [0.1, 0.15) is 5.75 Å². The van der Waals surface area contributed by atoms with Crippen LogP contribution in [0.1, 0.15) is 11.1 Å². The molecule has 28 heavy (non-hydrogen) atoms. The number of carbonyl (C=O) groups is 2. The maximum Gasteiger partial charge on any atom is 0.232 e. The molecule has 0 aromatic heterocycles. The fraction of sp³-hybridized carbons (Fsp3) is 0.0435. The standard InChI is InChI=1S/C23H16O5/c1-28-17-10-8-14(9-11-17)18-20(24)22(26)19(23(27)21(18)25)16-7-6-13-4-2-3-5-15(13)12-16/h2-12,24,27H,1H3. The molecule has 5 nitrogen and oxygen atoms in total. The van der Waals surface area contributed by atoms with E-state index < -0.39 is 23.1 Å². The van der Waals surface area contributed by atoms with Crippen molar-refractivity contribution in [1.29, 1.82) is 0 Å². The summed E-state index contributed by atoms with van der Waals surface area (Å²) in [4.78, 5) is 25.6. The van der Waals surface area contributed by atoms with Crippen LogP contribution in [0.4, 0.5) is 0 Å². The molecule has 138 valence electrons. The molecule has 0 saturated carbocycles. The van der Waals surface area contributed by atoms with E-state index in [0.717, 1.165) is 10.8 Å². The van der Waals surface area contributed by atoms with Crippen molar-refractivity contribution in [2.24, 2.45) is 0 Å². The minimum Gasteiger partial charge on any atom is -0.504 e. The number of fused-ring (bicyclic) bond motifs is 1. The van der Waals surface area contributed by atoms with Gasteiger partial charge < -0.3 is 14.9 Å². The second-order valence-electron chi connectivity index (χ2n) is 6.40. The Bertz CT molecular complexity index is 1180. The zero-order valence-electron chi connectivity index (χ0n) is 15.0. The first-order chi connectivity index (χ1) is 13.5. The molecule has 0 amide bonds. The van der Waals surface area contributed by atoms with Gasteiger partial charge in [0, 0.05) is 0 Å². The Balaban J connectivity index is 1.81. The van der Waals surface area contributed by atoms with Crippen LogP contribution in [-0.2, 0) is 9.59 Å².